The summed E-state index contributed by atoms with van der Waals surface area (Å²) in [5, 5.41) is 7.24. The molecule has 0 aliphatic rings. The molecule has 0 aromatic carbocycles. The highest BCUT2D eigenvalue weighted by Crippen LogP contribution is 2.13. The first kappa shape index (κ1) is 17.2. The molecular weight excluding hydrogens is 296 g/mol. The van der Waals surface area contributed by atoms with Crippen molar-refractivity contribution in [2.45, 2.75) is 46.7 Å². The number of rotatable bonds is 7. The van der Waals surface area contributed by atoms with E-state index in [1.807, 2.05) is 27.7 Å². The number of ether oxygens (including phenoxy) is 1. The molecule has 1 atom stereocenters. The van der Waals surface area contributed by atoms with Gasteiger partial charge in [-0.25, -0.2) is 4.98 Å². The van der Waals surface area contributed by atoms with Crippen LogP contribution in [0.1, 0.15) is 53.3 Å². The molecule has 2 rings (SSSR count). The summed E-state index contributed by atoms with van der Waals surface area (Å²) >= 11 is 0. The van der Waals surface area contributed by atoms with Gasteiger partial charge in [0.1, 0.15) is 5.76 Å². The van der Waals surface area contributed by atoms with E-state index in [9.17, 15) is 4.79 Å². The van der Waals surface area contributed by atoms with Crippen LogP contribution in [0.3, 0.4) is 0 Å². The normalized spacial score (nSPS) is 12.4. The van der Waals surface area contributed by atoms with E-state index < -0.39 is 0 Å². The number of methoxy groups -OCH3 is 1. The van der Waals surface area contributed by atoms with Crippen LogP contribution < -0.4 is 5.32 Å². The molecule has 7 heteroatoms. The van der Waals surface area contributed by atoms with Gasteiger partial charge in [-0.3, -0.25) is 9.48 Å². The maximum Gasteiger partial charge on any atom is 0.255 e. The van der Waals surface area contributed by atoms with Gasteiger partial charge in [0.05, 0.1) is 36.1 Å². The predicted molar refractivity (Wildman–Crippen MR) is 85.3 cm³/mol. The summed E-state index contributed by atoms with van der Waals surface area (Å²) in [5.41, 5.74) is 2.05. The minimum absolute atomic E-state index is 0.0730. The molecule has 7 nitrogen and oxygen atoms in total. The topological polar surface area (TPSA) is 82.2 Å². The molecule has 0 fully saturated rings. The highest BCUT2D eigenvalue weighted by atomic mass is 16.5. The Bertz CT molecular complexity index is 675. The van der Waals surface area contributed by atoms with E-state index in [1.165, 1.54) is 0 Å². The largest absolute Gasteiger partial charge is 0.444 e. The van der Waals surface area contributed by atoms with Gasteiger partial charge < -0.3 is 14.5 Å². The molecule has 0 radical (unpaired) electrons. The number of oxazole rings is 1. The highest BCUT2D eigenvalue weighted by Gasteiger charge is 2.17. The number of carbonyl (C=O) groups is 1. The first-order valence-corrected chi connectivity index (χ1v) is 7.74. The monoisotopic (exact) mass is 320 g/mol. The lowest BCUT2D eigenvalue weighted by atomic mass is 10.2. The molecule has 0 saturated heterocycles. The van der Waals surface area contributed by atoms with Crippen LogP contribution in [-0.2, 0) is 17.7 Å². The summed E-state index contributed by atoms with van der Waals surface area (Å²) in [6, 6.07) is 0.0730. The molecule has 0 aliphatic carbocycles. The van der Waals surface area contributed by atoms with Gasteiger partial charge >= 0.3 is 0 Å². The van der Waals surface area contributed by atoms with Crippen LogP contribution in [0.5, 0.6) is 0 Å². The van der Waals surface area contributed by atoms with Crippen molar-refractivity contribution in [1.82, 2.24) is 20.1 Å². The SMILES string of the molecule is CCc1nc(C)c(CNC(=O)c2cn(C(C)COC)nc2C)o1. The molecule has 0 bridgehead atoms. The zero-order chi connectivity index (χ0) is 17.0. The lowest BCUT2D eigenvalue weighted by Crippen LogP contribution is -2.23. The molecule has 0 aliphatic heterocycles. The van der Waals surface area contributed by atoms with Crippen molar-refractivity contribution in [3.05, 3.63) is 34.8 Å². The molecule has 2 aromatic rings. The van der Waals surface area contributed by atoms with Gasteiger partial charge in [0.2, 0.25) is 0 Å². The number of hydrogen-bond donors (Lipinski definition) is 1. The minimum Gasteiger partial charge on any atom is -0.444 e. The van der Waals surface area contributed by atoms with Crippen LogP contribution in [0.2, 0.25) is 0 Å². The Morgan fingerprint density at radius 1 is 1.43 bits per heavy atom. The van der Waals surface area contributed by atoms with E-state index in [4.69, 9.17) is 9.15 Å². The minimum atomic E-state index is -0.174. The summed E-state index contributed by atoms with van der Waals surface area (Å²) in [5.74, 6) is 1.20. The Labute approximate surface area is 136 Å². The van der Waals surface area contributed by atoms with Gasteiger partial charge in [-0.15, -0.1) is 0 Å². The number of amides is 1. The van der Waals surface area contributed by atoms with Crippen molar-refractivity contribution in [2.24, 2.45) is 0 Å². The molecule has 1 amide bonds. The van der Waals surface area contributed by atoms with Gasteiger partial charge in [-0.2, -0.15) is 5.10 Å². The van der Waals surface area contributed by atoms with E-state index >= 15 is 0 Å². The second-order valence-corrected chi connectivity index (χ2v) is 5.56. The number of nitrogens with one attached hydrogen (secondary N) is 1. The second kappa shape index (κ2) is 7.41. The number of nitrogens with zero attached hydrogens (tertiary/aromatic N) is 3. The highest BCUT2D eigenvalue weighted by molar-refractivity contribution is 5.94. The third kappa shape index (κ3) is 3.98. The van der Waals surface area contributed by atoms with Crippen molar-refractivity contribution < 1.29 is 13.9 Å². The van der Waals surface area contributed by atoms with Crippen molar-refractivity contribution in [3.63, 3.8) is 0 Å². The lowest BCUT2D eigenvalue weighted by molar-refractivity contribution is 0.0947. The van der Waals surface area contributed by atoms with Crippen LogP contribution in [0.4, 0.5) is 0 Å². The first-order valence-electron chi connectivity index (χ1n) is 7.74. The maximum absolute atomic E-state index is 12.4. The zero-order valence-corrected chi connectivity index (χ0v) is 14.3. The van der Waals surface area contributed by atoms with Gasteiger partial charge in [-0.05, 0) is 20.8 Å². The standard InChI is InChI=1S/C16H24N4O3/c1-6-15-18-12(4)14(23-15)7-17-16(21)13-8-20(19-11(13)3)10(2)9-22-5/h8,10H,6-7,9H2,1-5H3,(H,17,21). The Kier molecular flexibility index (Phi) is 5.54. The van der Waals surface area contributed by atoms with Crippen molar-refractivity contribution >= 4 is 5.91 Å². The van der Waals surface area contributed by atoms with E-state index in [1.54, 1.807) is 18.0 Å². The number of aromatic nitrogens is 3. The smallest absolute Gasteiger partial charge is 0.255 e. The quantitative estimate of drug-likeness (QED) is 0.845. The molecule has 1 unspecified atom stereocenters. The van der Waals surface area contributed by atoms with Crippen LogP contribution in [0, 0.1) is 13.8 Å². The van der Waals surface area contributed by atoms with Gasteiger partial charge in [0, 0.05) is 19.7 Å². The fraction of sp³-hybridized carbons (Fsp3) is 0.562. The van der Waals surface area contributed by atoms with E-state index in [2.05, 4.69) is 15.4 Å². The Morgan fingerprint density at radius 3 is 2.78 bits per heavy atom. The summed E-state index contributed by atoms with van der Waals surface area (Å²) in [4.78, 5) is 16.7. The summed E-state index contributed by atoms with van der Waals surface area (Å²) in [6.07, 6.45) is 2.48. The van der Waals surface area contributed by atoms with Gasteiger partial charge in [0.25, 0.3) is 5.91 Å². The first-order chi connectivity index (χ1) is 11.0. The molecule has 1 N–H and O–H groups in total. The number of carbonyl (C=O) groups excluding carboxylic acids is 1. The third-order valence-corrected chi connectivity index (χ3v) is 3.67. The van der Waals surface area contributed by atoms with E-state index in [0.717, 1.165) is 12.1 Å². The van der Waals surface area contributed by atoms with Crippen molar-refractivity contribution in [3.8, 4) is 0 Å². The number of aryl methyl sites for hydroxylation is 3. The van der Waals surface area contributed by atoms with Gasteiger partial charge in [-0.1, -0.05) is 6.92 Å². The second-order valence-electron chi connectivity index (χ2n) is 5.56. The molecule has 2 heterocycles. The predicted octanol–water partition coefficient (Wildman–Crippen LogP) is 2.19. The van der Waals surface area contributed by atoms with E-state index in [-0.39, 0.29) is 11.9 Å². The molecule has 0 spiro atoms. The molecule has 2 aromatic heterocycles. The lowest BCUT2D eigenvalue weighted by Gasteiger charge is -2.09. The fourth-order valence-corrected chi connectivity index (χ4v) is 2.31. The van der Waals surface area contributed by atoms with Crippen molar-refractivity contribution in [2.75, 3.05) is 13.7 Å². The summed E-state index contributed by atoms with van der Waals surface area (Å²) in [6.45, 7) is 8.52. The van der Waals surface area contributed by atoms with Crippen LogP contribution in [0.25, 0.3) is 0 Å². The maximum atomic E-state index is 12.4. The third-order valence-electron chi connectivity index (χ3n) is 3.67. The van der Waals surface area contributed by atoms with Crippen LogP contribution >= 0.6 is 0 Å². The Balaban J connectivity index is 2.04. The van der Waals surface area contributed by atoms with Crippen molar-refractivity contribution in [1.29, 1.82) is 0 Å². The van der Waals surface area contributed by atoms with Crippen LogP contribution in [0.15, 0.2) is 10.6 Å². The Hall–Kier alpha value is -2.15. The van der Waals surface area contributed by atoms with E-state index in [0.29, 0.717) is 36.1 Å². The fourth-order valence-electron chi connectivity index (χ4n) is 2.31. The Morgan fingerprint density at radius 2 is 2.17 bits per heavy atom. The summed E-state index contributed by atoms with van der Waals surface area (Å²) < 4.78 is 12.5. The molecular formula is C16H24N4O3. The van der Waals surface area contributed by atoms with Gasteiger partial charge in [0.15, 0.2) is 5.89 Å². The summed E-state index contributed by atoms with van der Waals surface area (Å²) in [7, 11) is 1.64. The zero-order valence-electron chi connectivity index (χ0n) is 14.3. The molecule has 23 heavy (non-hydrogen) atoms. The average Bonchev–Trinajstić information content (AvgIpc) is 3.08. The number of hydrogen-bond acceptors (Lipinski definition) is 5. The van der Waals surface area contributed by atoms with Crippen LogP contribution in [-0.4, -0.2) is 34.4 Å². The molecule has 0 saturated carbocycles. The molecule has 126 valence electrons. The average molecular weight is 320 g/mol.